The Morgan fingerprint density at radius 1 is 1.12 bits per heavy atom. The predicted molar refractivity (Wildman–Crippen MR) is 174 cm³/mol. The number of rotatable bonds is 11. The number of nitrogens with zero attached hydrogens (tertiary/aromatic N) is 2. The van der Waals surface area contributed by atoms with Gasteiger partial charge in [-0.3, -0.25) is 19.6 Å². The summed E-state index contributed by atoms with van der Waals surface area (Å²) in [5, 5.41) is 12.7. The summed E-state index contributed by atoms with van der Waals surface area (Å²) >= 11 is 0. The standard InChI is InChI=1S/C31H36FN5O3.2H2S/c1-20(31(39)34-29-18-28(35-36-29)21-10-11-21)22-6-3-7-23(16-22)24-12-13-27(26(32)17-24)33-30(38)9-5-15-37-14-4-8-25(37)19-40-2;;/h3,5-7,9,12-13,16-18,20-21,25H,4,8,10-11,14-15,19H2,1-2H3,(H,33,38)(H2,34,35,36,39);2*1H2/b9-5+;;/t20-,25-;;/m0../s1. The van der Waals surface area contributed by atoms with Crippen LogP contribution in [-0.2, 0) is 14.3 Å². The van der Waals surface area contributed by atoms with Crippen molar-refractivity contribution in [3.63, 3.8) is 0 Å². The highest BCUT2D eigenvalue weighted by Gasteiger charge is 2.26. The Morgan fingerprint density at radius 2 is 1.90 bits per heavy atom. The fourth-order valence-corrected chi connectivity index (χ4v) is 5.16. The van der Waals surface area contributed by atoms with Gasteiger partial charge in [0, 0.05) is 43.5 Å². The first-order valence-corrected chi connectivity index (χ1v) is 13.9. The van der Waals surface area contributed by atoms with E-state index in [2.05, 4.69) is 25.7 Å². The van der Waals surface area contributed by atoms with Crippen molar-refractivity contribution in [3.8, 4) is 11.1 Å². The van der Waals surface area contributed by atoms with Crippen LogP contribution in [0.1, 0.15) is 55.7 Å². The van der Waals surface area contributed by atoms with E-state index < -0.39 is 11.7 Å². The summed E-state index contributed by atoms with van der Waals surface area (Å²) in [5.41, 5.74) is 3.41. The van der Waals surface area contributed by atoms with Crippen LogP contribution >= 0.6 is 27.0 Å². The molecule has 2 aromatic carbocycles. The quantitative estimate of drug-likeness (QED) is 0.242. The number of hydrogen-bond donors (Lipinski definition) is 3. The Balaban J connectivity index is 0.00000242. The number of halogens is 1. The number of carbonyl (C=O) groups is 2. The average molecular weight is 614 g/mol. The van der Waals surface area contributed by atoms with E-state index in [-0.39, 0.29) is 44.5 Å². The minimum Gasteiger partial charge on any atom is -0.383 e. The highest BCUT2D eigenvalue weighted by atomic mass is 32.1. The van der Waals surface area contributed by atoms with Crippen molar-refractivity contribution in [2.75, 3.05) is 37.4 Å². The summed E-state index contributed by atoms with van der Waals surface area (Å²) in [4.78, 5) is 27.6. The van der Waals surface area contributed by atoms with E-state index in [0.29, 0.717) is 36.5 Å². The maximum atomic E-state index is 15.0. The van der Waals surface area contributed by atoms with Crippen LogP contribution in [0.5, 0.6) is 0 Å². The summed E-state index contributed by atoms with van der Waals surface area (Å²) in [6.45, 7) is 4.14. The van der Waals surface area contributed by atoms with Crippen molar-refractivity contribution in [2.45, 2.75) is 50.5 Å². The number of amides is 2. The zero-order chi connectivity index (χ0) is 28.1. The fraction of sp³-hybridized carbons (Fsp3) is 0.387. The summed E-state index contributed by atoms with van der Waals surface area (Å²) in [7, 11) is 1.70. The topological polar surface area (TPSA) is 99.4 Å². The third kappa shape index (κ3) is 8.47. The van der Waals surface area contributed by atoms with Crippen molar-refractivity contribution in [1.29, 1.82) is 0 Å². The molecule has 0 radical (unpaired) electrons. The molecule has 11 heteroatoms. The SMILES string of the molecule is COC[C@@H]1CCCN1C/C=C/C(=O)Nc1ccc(-c2cccc([C@H](C)C(=O)Nc3cc(C4CC4)[nH]n3)c2)cc1F.S.S. The van der Waals surface area contributed by atoms with Gasteiger partial charge in [0.1, 0.15) is 5.82 Å². The molecule has 1 aliphatic heterocycles. The van der Waals surface area contributed by atoms with Gasteiger partial charge in [-0.15, -0.1) is 0 Å². The van der Waals surface area contributed by atoms with Gasteiger partial charge in [0.15, 0.2) is 5.82 Å². The van der Waals surface area contributed by atoms with Gasteiger partial charge in [-0.2, -0.15) is 32.1 Å². The van der Waals surface area contributed by atoms with Gasteiger partial charge in [-0.1, -0.05) is 36.4 Å². The monoisotopic (exact) mass is 613 g/mol. The molecule has 2 heterocycles. The molecule has 0 unspecified atom stereocenters. The van der Waals surface area contributed by atoms with Crippen molar-refractivity contribution < 1.29 is 18.7 Å². The van der Waals surface area contributed by atoms with Crippen LogP contribution in [0.3, 0.4) is 0 Å². The molecular formula is C31H40FN5O3S2. The number of methoxy groups -OCH3 is 1. The highest BCUT2D eigenvalue weighted by Crippen LogP contribution is 2.39. The van der Waals surface area contributed by atoms with Gasteiger partial charge in [0.25, 0.3) is 0 Å². The Morgan fingerprint density at radius 3 is 2.64 bits per heavy atom. The van der Waals surface area contributed by atoms with Gasteiger partial charge >= 0.3 is 0 Å². The Hall–Kier alpha value is -3.12. The minimum absolute atomic E-state index is 0. The van der Waals surface area contributed by atoms with E-state index in [1.54, 1.807) is 25.3 Å². The predicted octanol–water partition coefficient (Wildman–Crippen LogP) is 5.67. The van der Waals surface area contributed by atoms with E-state index in [9.17, 15) is 14.0 Å². The highest BCUT2D eigenvalue weighted by molar-refractivity contribution is 7.59. The van der Waals surface area contributed by atoms with Gasteiger partial charge in [0.2, 0.25) is 11.8 Å². The Kier molecular flexibility index (Phi) is 12.2. The number of carbonyl (C=O) groups excluding carboxylic acids is 2. The van der Waals surface area contributed by atoms with E-state index in [1.165, 1.54) is 12.1 Å². The molecule has 1 saturated heterocycles. The van der Waals surface area contributed by atoms with Gasteiger partial charge in [-0.05, 0) is 68.0 Å². The van der Waals surface area contributed by atoms with E-state index in [1.807, 2.05) is 37.3 Å². The number of H-pyrrole nitrogens is 1. The molecule has 226 valence electrons. The van der Waals surface area contributed by atoms with Crippen molar-refractivity contribution >= 4 is 50.3 Å². The molecule has 1 saturated carbocycles. The maximum Gasteiger partial charge on any atom is 0.248 e. The molecule has 0 spiro atoms. The summed E-state index contributed by atoms with van der Waals surface area (Å²) in [6.07, 6.45) is 7.76. The molecule has 3 N–H and O–H groups in total. The average Bonchev–Trinajstić information content (AvgIpc) is 3.55. The number of aromatic nitrogens is 2. The summed E-state index contributed by atoms with van der Waals surface area (Å²) < 4.78 is 20.2. The molecule has 8 nitrogen and oxygen atoms in total. The largest absolute Gasteiger partial charge is 0.383 e. The number of benzene rings is 2. The summed E-state index contributed by atoms with van der Waals surface area (Å²) in [6, 6.07) is 14.5. The van der Waals surface area contributed by atoms with Crippen LogP contribution in [0, 0.1) is 5.82 Å². The molecule has 2 fully saturated rings. The van der Waals surface area contributed by atoms with Gasteiger partial charge < -0.3 is 15.4 Å². The van der Waals surface area contributed by atoms with E-state index >= 15 is 0 Å². The van der Waals surface area contributed by atoms with Crippen molar-refractivity contribution in [3.05, 3.63) is 77.8 Å². The Labute approximate surface area is 260 Å². The van der Waals surface area contributed by atoms with Crippen LogP contribution in [0.25, 0.3) is 11.1 Å². The molecule has 2 amide bonds. The van der Waals surface area contributed by atoms with E-state index in [0.717, 1.165) is 49.0 Å². The number of anilines is 2. The molecule has 5 rings (SSSR count). The first kappa shape index (κ1) is 33.4. The molecule has 3 aromatic rings. The second-order valence-corrected chi connectivity index (χ2v) is 10.7. The molecule has 0 bridgehead atoms. The first-order valence-electron chi connectivity index (χ1n) is 13.9. The second-order valence-electron chi connectivity index (χ2n) is 10.7. The normalized spacial score (nSPS) is 17.4. The number of likely N-dealkylation sites (tertiary alicyclic amines) is 1. The van der Waals surface area contributed by atoms with Crippen LogP contribution in [0.4, 0.5) is 15.9 Å². The van der Waals surface area contributed by atoms with Crippen LogP contribution < -0.4 is 10.6 Å². The lowest BCUT2D eigenvalue weighted by atomic mass is 9.95. The lowest BCUT2D eigenvalue weighted by Crippen LogP contribution is -2.33. The zero-order valence-corrected chi connectivity index (χ0v) is 26.0. The maximum absolute atomic E-state index is 15.0. The molecular weight excluding hydrogens is 574 g/mol. The smallest absolute Gasteiger partial charge is 0.248 e. The number of nitrogens with one attached hydrogen (secondary N) is 3. The molecule has 42 heavy (non-hydrogen) atoms. The van der Waals surface area contributed by atoms with Crippen molar-refractivity contribution in [2.24, 2.45) is 0 Å². The number of hydrogen-bond acceptors (Lipinski definition) is 5. The van der Waals surface area contributed by atoms with Crippen LogP contribution in [0.2, 0.25) is 0 Å². The molecule has 2 aliphatic rings. The lowest BCUT2D eigenvalue weighted by Gasteiger charge is -2.21. The van der Waals surface area contributed by atoms with Crippen molar-refractivity contribution in [1.82, 2.24) is 15.1 Å². The third-order valence-corrected chi connectivity index (χ3v) is 7.67. The zero-order valence-electron chi connectivity index (χ0n) is 24.0. The molecule has 2 atom stereocenters. The second kappa shape index (κ2) is 15.4. The Bertz CT molecular complexity index is 1390. The van der Waals surface area contributed by atoms with E-state index in [4.69, 9.17) is 4.74 Å². The third-order valence-electron chi connectivity index (χ3n) is 7.67. The number of ether oxygens (including phenoxy) is 1. The first-order chi connectivity index (χ1) is 19.4. The van der Waals surface area contributed by atoms with Crippen LogP contribution in [0.15, 0.2) is 60.7 Å². The molecule has 1 aliphatic carbocycles. The number of aromatic amines is 1. The van der Waals surface area contributed by atoms with Crippen LogP contribution in [-0.4, -0.2) is 59.8 Å². The van der Waals surface area contributed by atoms with Gasteiger partial charge in [-0.25, -0.2) is 4.39 Å². The lowest BCUT2D eigenvalue weighted by molar-refractivity contribution is -0.117. The van der Waals surface area contributed by atoms with Gasteiger partial charge in [0.05, 0.1) is 18.2 Å². The summed E-state index contributed by atoms with van der Waals surface area (Å²) in [5.74, 6) is -0.449. The minimum atomic E-state index is -0.528. The molecule has 1 aromatic heterocycles. The fourth-order valence-electron chi connectivity index (χ4n) is 5.16.